The van der Waals surface area contributed by atoms with E-state index in [0.717, 1.165) is 11.3 Å². The van der Waals surface area contributed by atoms with Crippen molar-refractivity contribution in [2.24, 2.45) is 0 Å². The van der Waals surface area contributed by atoms with Crippen LogP contribution in [0.3, 0.4) is 0 Å². The highest BCUT2D eigenvalue weighted by Gasteiger charge is 2.33. The molecule has 134 valence electrons. The van der Waals surface area contributed by atoms with Crippen LogP contribution in [0.5, 0.6) is 0 Å². The molecule has 0 bridgehead atoms. The van der Waals surface area contributed by atoms with E-state index in [2.05, 4.69) is 10.6 Å². The van der Waals surface area contributed by atoms with Gasteiger partial charge in [0.25, 0.3) is 0 Å². The first-order chi connectivity index (χ1) is 12.2. The van der Waals surface area contributed by atoms with Crippen molar-refractivity contribution in [1.82, 2.24) is 0 Å². The third-order valence-corrected chi connectivity index (χ3v) is 3.79. The number of halogens is 3. The Morgan fingerprint density at radius 2 is 1.73 bits per heavy atom. The lowest BCUT2D eigenvalue weighted by Crippen LogP contribution is -2.19. The topological polar surface area (TPSA) is 54.3 Å². The molecule has 8 heteroatoms. The van der Waals surface area contributed by atoms with Gasteiger partial charge < -0.3 is 15.1 Å². The summed E-state index contributed by atoms with van der Waals surface area (Å²) < 4.78 is 44.4. The molecule has 0 amide bonds. The molecule has 2 aromatic carbocycles. The molecule has 0 atom stereocenters. The minimum absolute atomic E-state index is 0.145. The maximum absolute atomic E-state index is 13.2. The second-order valence-electron chi connectivity index (χ2n) is 5.64. The molecule has 0 radical (unpaired) electrons. The lowest BCUT2D eigenvalue weighted by Gasteiger charge is -2.13. The standard InChI is InChI=1S/C18H13F3N2O2S/c1-10-3-2-4-11(7-10)22-17(26)23-12-5-6-15-13(8-12)14(18(19,20)21)9-16(24)25-15/h2-9H,1H3,(H2,22,23,26). The number of benzene rings is 2. The number of hydrogen-bond acceptors (Lipinski definition) is 3. The number of thiocarbonyl (C=S) groups is 1. The highest BCUT2D eigenvalue weighted by molar-refractivity contribution is 7.80. The number of nitrogens with one attached hydrogen (secondary N) is 2. The monoisotopic (exact) mass is 378 g/mol. The number of aryl methyl sites for hydroxylation is 1. The Hall–Kier alpha value is -2.87. The summed E-state index contributed by atoms with van der Waals surface area (Å²) in [7, 11) is 0. The van der Waals surface area contributed by atoms with E-state index in [9.17, 15) is 18.0 Å². The van der Waals surface area contributed by atoms with Crippen LogP contribution in [0.2, 0.25) is 0 Å². The van der Waals surface area contributed by atoms with Crippen LogP contribution in [0.1, 0.15) is 11.1 Å². The van der Waals surface area contributed by atoms with Crippen LogP contribution in [0, 0.1) is 6.92 Å². The third-order valence-electron chi connectivity index (χ3n) is 3.58. The van der Waals surface area contributed by atoms with Crippen molar-refractivity contribution in [3.05, 3.63) is 70.1 Å². The first-order valence-corrected chi connectivity index (χ1v) is 7.93. The molecule has 0 unspecified atom stereocenters. The zero-order valence-electron chi connectivity index (χ0n) is 13.5. The Morgan fingerprint density at radius 1 is 1.04 bits per heavy atom. The molecule has 0 spiro atoms. The molecule has 0 aliphatic carbocycles. The molecule has 3 aromatic rings. The first-order valence-electron chi connectivity index (χ1n) is 7.52. The summed E-state index contributed by atoms with van der Waals surface area (Å²) >= 11 is 5.19. The average Bonchev–Trinajstić information content (AvgIpc) is 2.53. The van der Waals surface area contributed by atoms with Gasteiger partial charge in [0.2, 0.25) is 0 Å². The van der Waals surface area contributed by atoms with Gasteiger partial charge in [-0.05, 0) is 55.0 Å². The molecule has 4 nitrogen and oxygen atoms in total. The normalized spacial score (nSPS) is 11.4. The highest BCUT2D eigenvalue weighted by Crippen LogP contribution is 2.34. The van der Waals surface area contributed by atoms with Crippen LogP contribution in [-0.2, 0) is 6.18 Å². The van der Waals surface area contributed by atoms with E-state index in [1.54, 1.807) is 0 Å². The quantitative estimate of drug-likeness (QED) is 0.489. The molecule has 0 aliphatic rings. The first kappa shape index (κ1) is 17.9. The fourth-order valence-corrected chi connectivity index (χ4v) is 2.73. The fourth-order valence-electron chi connectivity index (χ4n) is 2.49. The Kier molecular flexibility index (Phi) is 4.69. The van der Waals surface area contributed by atoms with E-state index >= 15 is 0 Å². The number of fused-ring (bicyclic) bond motifs is 1. The van der Waals surface area contributed by atoms with E-state index < -0.39 is 17.4 Å². The highest BCUT2D eigenvalue weighted by atomic mass is 32.1. The minimum Gasteiger partial charge on any atom is -0.423 e. The van der Waals surface area contributed by atoms with E-state index in [-0.39, 0.29) is 16.1 Å². The Labute approximate surface area is 151 Å². The molecule has 1 heterocycles. The number of anilines is 2. The molecule has 1 aromatic heterocycles. The van der Waals surface area contributed by atoms with Crippen molar-refractivity contribution in [3.8, 4) is 0 Å². The summed E-state index contributed by atoms with van der Waals surface area (Å²) in [5.74, 6) is 0. The van der Waals surface area contributed by atoms with Crippen LogP contribution in [0.15, 0.2) is 57.7 Å². The second-order valence-corrected chi connectivity index (χ2v) is 6.04. The molecule has 3 rings (SSSR count). The molecule has 26 heavy (non-hydrogen) atoms. The average molecular weight is 378 g/mol. The van der Waals surface area contributed by atoms with Gasteiger partial charge in [0.15, 0.2) is 5.11 Å². The van der Waals surface area contributed by atoms with Gasteiger partial charge in [-0.2, -0.15) is 13.2 Å². The van der Waals surface area contributed by atoms with E-state index in [4.69, 9.17) is 16.6 Å². The summed E-state index contributed by atoms with van der Waals surface area (Å²) in [5.41, 5.74) is -0.124. The van der Waals surface area contributed by atoms with Gasteiger partial charge in [-0.1, -0.05) is 12.1 Å². The summed E-state index contributed by atoms with van der Waals surface area (Å²) in [6, 6.07) is 11.9. The second kappa shape index (κ2) is 6.80. The van der Waals surface area contributed by atoms with E-state index in [0.29, 0.717) is 11.8 Å². The molecular formula is C18H13F3N2O2S. The Bertz CT molecular complexity index is 1040. The van der Waals surface area contributed by atoms with Gasteiger partial charge in [-0.3, -0.25) is 0 Å². The van der Waals surface area contributed by atoms with Crippen molar-refractivity contribution >= 4 is 39.7 Å². The Morgan fingerprint density at radius 3 is 2.38 bits per heavy atom. The predicted molar refractivity (Wildman–Crippen MR) is 98.5 cm³/mol. The SMILES string of the molecule is Cc1cccc(NC(=S)Nc2ccc3oc(=O)cc(C(F)(F)F)c3c2)c1. The van der Waals surface area contributed by atoms with Gasteiger partial charge in [0, 0.05) is 22.8 Å². The molecule has 0 saturated carbocycles. The van der Waals surface area contributed by atoms with Crippen LogP contribution >= 0.6 is 12.2 Å². The zero-order chi connectivity index (χ0) is 18.9. The van der Waals surface area contributed by atoms with Crippen LogP contribution < -0.4 is 16.3 Å². The number of rotatable bonds is 2. The van der Waals surface area contributed by atoms with Crippen molar-refractivity contribution in [2.75, 3.05) is 10.6 Å². The van der Waals surface area contributed by atoms with Crippen molar-refractivity contribution in [1.29, 1.82) is 0 Å². The van der Waals surface area contributed by atoms with Crippen molar-refractivity contribution in [2.45, 2.75) is 13.1 Å². The van der Waals surface area contributed by atoms with Crippen molar-refractivity contribution < 1.29 is 17.6 Å². The third kappa shape index (κ3) is 4.02. The van der Waals surface area contributed by atoms with Gasteiger partial charge in [0.05, 0.1) is 5.56 Å². The van der Waals surface area contributed by atoms with Crippen molar-refractivity contribution in [3.63, 3.8) is 0 Å². The largest absolute Gasteiger partial charge is 0.423 e. The predicted octanol–water partition coefficient (Wildman–Crippen LogP) is 4.93. The smallest absolute Gasteiger partial charge is 0.417 e. The maximum Gasteiger partial charge on any atom is 0.417 e. The number of alkyl halides is 3. The van der Waals surface area contributed by atoms with E-state index in [1.807, 2.05) is 31.2 Å². The molecule has 2 N–H and O–H groups in total. The summed E-state index contributed by atoms with van der Waals surface area (Å²) in [5, 5.41) is 5.79. The lowest BCUT2D eigenvalue weighted by molar-refractivity contribution is -0.136. The summed E-state index contributed by atoms with van der Waals surface area (Å²) in [4.78, 5) is 11.3. The van der Waals surface area contributed by atoms with Crippen LogP contribution in [0.25, 0.3) is 11.0 Å². The lowest BCUT2D eigenvalue weighted by atomic mass is 10.1. The van der Waals surface area contributed by atoms with Crippen LogP contribution in [0.4, 0.5) is 24.5 Å². The van der Waals surface area contributed by atoms with Gasteiger partial charge in [-0.15, -0.1) is 0 Å². The minimum atomic E-state index is -4.67. The van der Waals surface area contributed by atoms with Gasteiger partial charge >= 0.3 is 11.8 Å². The van der Waals surface area contributed by atoms with E-state index in [1.165, 1.54) is 18.2 Å². The van der Waals surface area contributed by atoms with Crippen LogP contribution in [-0.4, -0.2) is 5.11 Å². The molecule has 0 saturated heterocycles. The number of hydrogen-bond donors (Lipinski definition) is 2. The van der Waals surface area contributed by atoms with Gasteiger partial charge in [0.1, 0.15) is 5.58 Å². The summed E-state index contributed by atoms with van der Waals surface area (Å²) in [6.07, 6.45) is -4.67. The molecule has 0 fully saturated rings. The maximum atomic E-state index is 13.2. The molecule has 0 aliphatic heterocycles. The van der Waals surface area contributed by atoms with Gasteiger partial charge in [-0.25, -0.2) is 4.79 Å². The Balaban J connectivity index is 1.90. The fraction of sp³-hybridized carbons (Fsp3) is 0.111. The zero-order valence-corrected chi connectivity index (χ0v) is 14.3. The summed E-state index contributed by atoms with van der Waals surface area (Å²) in [6.45, 7) is 1.93. The molecular weight excluding hydrogens is 365 g/mol.